The molecular formula is C16H14ClFN2O4. The minimum atomic E-state index is -0.822. The van der Waals surface area contributed by atoms with Crippen LogP contribution in [0.25, 0.3) is 0 Å². The number of carbonyl (C=O) groups excluding carboxylic acids is 2. The van der Waals surface area contributed by atoms with Gasteiger partial charge in [-0.3, -0.25) is 10.1 Å². The summed E-state index contributed by atoms with van der Waals surface area (Å²) in [5.41, 5.74) is 0.418. The fourth-order valence-corrected chi connectivity index (χ4v) is 2.07. The SMILES string of the molecule is COC(=O)Nc1cc(NC(=O)c2ccc(Cl)cc2OC)ccc1F. The number of hydrogen-bond donors (Lipinski definition) is 2. The van der Waals surface area contributed by atoms with Crippen LogP contribution in [0.4, 0.5) is 20.6 Å². The molecule has 8 heteroatoms. The van der Waals surface area contributed by atoms with Crippen LogP contribution >= 0.6 is 11.6 Å². The van der Waals surface area contributed by atoms with E-state index in [4.69, 9.17) is 16.3 Å². The third-order valence-electron chi connectivity index (χ3n) is 3.05. The Hall–Kier alpha value is -2.80. The van der Waals surface area contributed by atoms with Gasteiger partial charge in [0.2, 0.25) is 0 Å². The lowest BCUT2D eigenvalue weighted by Gasteiger charge is -2.11. The van der Waals surface area contributed by atoms with E-state index < -0.39 is 17.8 Å². The molecule has 2 rings (SSSR count). The summed E-state index contributed by atoms with van der Waals surface area (Å²) in [6.07, 6.45) is -0.822. The van der Waals surface area contributed by atoms with Gasteiger partial charge < -0.3 is 14.8 Å². The van der Waals surface area contributed by atoms with E-state index in [-0.39, 0.29) is 16.9 Å². The van der Waals surface area contributed by atoms with Crippen molar-refractivity contribution in [2.75, 3.05) is 24.9 Å². The number of methoxy groups -OCH3 is 2. The fraction of sp³-hybridized carbons (Fsp3) is 0.125. The second-order valence-electron chi connectivity index (χ2n) is 4.61. The van der Waals surface area contributed by atoms with E-state index in [1.165, 1.54) is 31.4 Å². The Kier molecular flexibility index (Phi) is 5.59. The maximum absolute atomic E-state index is 13.7. The summed E-state index contributed by atoms with van der Waals surface area (Å²) in [5, 5.41) is 5.23. The molecule has 2 aromatic rings. The summed E-state index contributed by atoms with van der Waals surface area (Å²) in [7, 11) is 2.57. The lowest BCUT2D eigenvalue weighted by Crippen LogP contribution is -2.15. The molecule has 0 aliphatic carbocycles. The van der Waals surface area contributed by atoms with Crippen molar-refractivity contribution < 1.29 is 23.5 Å². The van der Waals surface area contributed by atoms with Crippen LogP contribution in [0.15, 0.2) is 36.4 Å². The van der Waals surface area contributed by atoms with Crippen LogP contribution in [0, 0.1) is 5.82 Å². The molecule has 0 radical (unpaired) electrons. The zero-order chi connectivity index (χ0) is 17.7. The molecule has 0 heterocycles. The summed E-state index contributed by atoms with van der Waals surface area (Å²) in [5.74, 6) is -0.836. The molecule has 0 aliphatic heterocycles. The van der Waals surface area contributed by atoms with E-state index in [1.54, 1.807) is 6.07 Å². The van der Waals surface area contributed by atoms with Crippen molar-refractivity contribution in [2.24, 2.45) is 0 Å². The number of nitrogens with one attached hydrogen (secondary N) is 2. The van der Waals surface area contributed by atoms with Crippen LogP contribution in [0.1, 0.15) is 10.4 Å². The molecule has 0 atom stereocenters. The Morgan fingerprint density at radius 3 is 2.50 bits per heavy atom. The molecule has 2 amide bonds. The molecule has 0 fully saturated rings. The molecule has 0 spiro atoms. The predicted molar refractivity (Wildman–Crippen MR) is 88.4 cm³/mol. The van der Waals surface area contributed by atoms with Gasteiger partial charge in [-0.25, -0.2) is 9.18 Å². The summed E-state index contributed by atoms with van der Waals surface area (Å²) in [6, 6.07) is 8.30. The zero-order valence-corrected chi connectivity index (χ0v) is 13.6. The number of halogens is 2. The average Bonchev–Trinajstić information content (AvgIpc) is 2.57. The van der Waals surface area contributed by atoms with Crippen LogP contribution in [0.3, 0.4) is 0 Å². The van der Waals surface area contributed by atoms with Crippen LogP contribution in [-0.4, -0.2) is 26.2 Å². The third-order valence-corrected chi connectivity index (χ3v) is 3.29. The van der Waals surface area contributed by atoms with Crippen molar-refractivity contribution in [1.82, 2.24) is 0 Å². The Bertz CT molecular complexity index is 783. The van der Waals surface area contributed by atoms with Crippen LogP contribution < -0.4 is 15.4 Å². The summed E-state index contributed by atoms with van der Waals surface area (Å²) < 4.78 is 23.2. The highest BCUT2D eigenvalue weighted by Crippen LogP contribution is 2.25. The maximum Gasteiger partial charge on any atom is 0.411 e. The number of benzene rings is 2. The van der Waals surface area contributed by atoms with Gasteiger partial charge in [0, 0.05) is 10.7 Å². The highest BCUT2D eigenvalue weighted by molar-refractivity contribution is 6.31. The maximum atomic E-state index is 13.7. The summed E-state index contributed by atoms with van der Waals surface area (Å²) >= 11 is 5.86. The van der Waals surface area contributed by atoms with E-state index in [9.17, 15) is 14.0 Å². The fourth-order valence-electron chi connectivity index (χ4n) is 1.91. The van der Waals surface area contributed by atoms with E-state index in [2.05, 4.69) is 15.4 Å². The van der Waals surface area contributed by atoms with Crippen molar-refractivity contribution in [3.05, 3.63) is 52.8 Å². The van der Waals surface area contributed by atoms with Gasteiger partial charge in [-0.05, 0) is 36.4 Å². The summed E-state index contributed by atoms with van der Waals surface area (Å²) in [4.78, 5) is 23.5. The van der Waals surface area contributed by atoms with Crippen molar-refractivity contribution >= 4 is 35.0 Å². The minimum Gasteiger partial charge on any atom is -0.496 e. The first-order valence-electron chi connectivity index (χ1n) is 6.74. The molecular weight excluding hydrogens is 339 g/mol. The molecule has 2 N–H and O–H groups in total. The number of carbonyl (C=O) groups is 2. The standard InChI is InChI=1S/C16H14ClFN2O4/c1-23-14-7-9(17)3-5-11(14)15(21)19-10-4-6-12(18)13(8-10)20-16(22)24-2/h3-8H,1-2H3,(H,19,21)(H,20,22). The minimum absolute atomic E-state index is 0.122. The Morgan fingerprint density at radius 1 is 1.08 bits per heavy atom. The van der Waals surface area contributed by atoms with Gasteiger partial charge >= 0.3 is 6.09 Å². The normalized spacial score (nSPS) is 10.0. The highest BCUT2D eigenvalue weighted by atomic mass is 35.5. The Labute approximate surface area is 142 Å². The molecule has 0 saturated heterocycles. The van der Waals surface area contributed by atoms with Crippen molar-refractivity contribution in [3.63, 3.8) is 0 Å². The van der Waals surface area contributed by atoms with Crippen molar-refractivity contribution in [3.8, 4) is 5.75 Å². The Morgan fingerprint density at radius 2 is 1.83 bits per heavy atom. The quantitative estimate of drug-likeness (QED) is 0.874. The van der Waals surface area contributed by atoms with Gasteiger partial charge in [0.1, 0.15) is 11.6 Å². The van der Waals surface area contributed by atoms with Gasteiger partial charge in [0.25, 0.3) is 5.91 Å². The lowest BCUT2D eigenvalue weighted by atomic mass is 10.1. The first-order valence-corrected chi connectivity index (χ1v) is 7.11. The molecule has 6 nitrogen and oxygen atoms in total. The highest BCUT2D eigenvalue weighted by Gasteiger charge is 2.14. The zero-order valence-electron chi connectivity index (χ0n) is 12.9. The number of rotatable bonds is 4. The van der Waals surface area contributed by atoms with Gasteiger partial charge in [-0.2, -0.15) is 0 Å². The number of ether oxygens (including phenoxy) is 2. The average molecular weight is 353 g/mol. The smallest absolute Gasteiger partial charge is 0.411 e. The summed E-state index contributed by atoms with van der Waals surface area (Å²) in [6.45, 7) is 0. The first kappa shape index (κ1) is 17.6. The van der Waals surface area contributed by atoms with Gasteiger partial charge in [-0.1, -0.05) is 11.6 Å². The lowest BCUT2D eigenvalue weighted by molar-refractivity contribution is 0.102. The van der Waals surface area contributed by atoms with Crippen molar-refractivity contribution in [1.29, 1.82) is 0 Å². The predicted octanol–water partition coefficient (Wildman–Crippen LogP) is 3.92. The van der Waals surface area contributed by atoms with Crippen LogP contribution in [-0.2, 0) is 4.74 Å². The van der Waals surface area contributed by atoms with E-state index in [0.29, 0.717) is 10.8 Å². The second kappa shape index (κ2) is 7.65. The number of anilines is 2. The first-order chi connectivity index (χ1) is 11.4. The van der Waals surface area contributed by atoms with Crippen molar-refractivity contribution in [2.45, 2.75) is 0 Å². The van der Waals surface area contributed by atoms with Gasteiger partial charge in [0.05, 0.1) is 25.5 Å². The van der Waals surface area contributed by atoms with Gasteiger partial charge in [0.15, 0.2) is 0 Å². The monoisotopic (exact) mass is 352 g/mol. The topological polar surface area (TPSA) is 76.7 Å². The molecule has 0 aliphatic rings. The molecule has 126 valence electrons. The third kappa shape index (κ3) is 4.14. The number of hydrogen-bond acceptors (Lipinski definition) is 4. The van der Waals surface area contributed by atoms with Crippen LogP contribution in [0.5, 0.6) is 5.75 Å². The molecule has 2 aromatic carbocycles. The van der Waals surface area contributed by atoms with E-state index in [0.717, 1.165) is 13.2 Å². The molecule has 0 saturated carbocycles. The molecule has 0 aromatic heterocycles. The molecule has 0 bridgehead atoms. The number of amides is 2. The molecule has 0 unspecified atom stereocenters. The van der Waals surface area contributed by atoms with Crippen LogP contribution in [0.2, 0.25) is 5.02 Å². The largest absolute Gasteiger partial charge is 0.496 e. The van der Waals surface area contributed by atoms with E-state index >= 15 is 0 Å². The second-order valence-corrected chi connectivity index (χ2v) is 5.05. The van der Waals surface area contributed by atoms with E-state index in [1.807, 2.05) is 0 Å². The molecule has 24 heavy (non-hydrogen) atoms. The van der Waals surface area contributed by atoms with Gasteiger partial charge in [-0.15, -0.1) is 0 Å². The Balaban J connectivity index is 2.23.